The predicted molar refractivity (Wildman–Crippen MR) is 76.9 cm³/mol. The van der Waals surface area contributed by atoms with Crippen molar-refractivity contribution in [1.29, 1.82) is 0 Å². The van der Waals surface area contributed by atoms with Crippen molar-refractivity contribution in [1.82, 2.24) is 10.2 Å². The van der Waals surface area contributed by atoms with Crippen LogP contribution in [0.25, 0.3) is 0 Å². The molecule has 1 aromatic rings. The molecule has 106 valence electrons. The molecular formula is C15H24N2O2. The monoisotopic (exact) mass is 264 g/mol. The van der Waals surface area contributed by atoms with Crippen molar-refractivity contribution in [3.8, 4) is 11.5 Å². The molecule has 1 aliphatic heterocycles. The Hall–Kier alpha value is -1.26. The summed E-state index contributed by atoms with van der Waals surface area (Å²) >= 11 is 0. The van der Waals surface area contributed by atoms with Gasteiger partial charge in [-0.3, -0.25) is 0 Å². The molecule has 4 nitrogen and oxygen atoms in total. The standard InChI is InChI=1S/C15H24N2O2/c1-12(2)19-14-3-4-15(18)13(11-14)5-8-17-9-6-16-7-10-17/h3-4,11-12,16,18H,5-10H2,1-2H3. The summed E-state index contributed by atoms with van der Waals surface area (Å²) in [7, 11) is 0. The number of benzene rings is 1. The van der Waals surface area contributed by atoms with E-state index in [1.807, 2.05) is 26.0 Å². The highest BCUT2D eigenvalue weighted by molar-refractivity contribution is 5.39. The van der Waals surface area contributed by atoms with E-state index < -0.39 is 0 Å². The molecule has 19 heavy (non-hydrogen) atoms. The van der Waals surface area contributed by atoms with Gasteiger partial charge in [-0.05, 0) is 44.0 Å². The minimum Gasteiger partial charge on any atom is -0.508 e. The van der Waals surface area contributed by atoms with Crippen LogP contribution in [0.1, 0.15) is 19.4 Å². The van der Waals surface area contributed by atoms with E-state index in [0.29, 0.717) is 5.75 Å². The highest BCUT2D eigenvalue weighted by atomic mass is 16.5. The molecule has 0 spiro atoms. The normalized spacial score (nSPS) is 16.8. The van der Waals surface area contributed by atoms with Crippen LogP contribution in [0.15, 0.2) is 18.2 Å². The summed E-state index contributed by atoms with van der Waals surface area (Å²) in [5, 5.41) is 13.3. The van der Waals surface area contributed by atoms with Crippen molar-refractivity contribution < 1.29 is 9.84 Å². The molecule has 1 saturated heterocycles. The first-order valence-electron chi connectivity index (χ1n) is 7.07. The van der Waals surface area contributed by atoms with Crippen LogP contribution in [0.2, 0.25) is 0 Å². The molecule has 0 aromatic heterocycles. The fourth-order valence-corrected chi connectivity index (χ4v) is 2.32. The highest BCUT2D eigenvalue weighted by Crippen LogP contribution is 2.24. The molecule has 1 aliphatic rings. The summed E-state index contributed by atoms with van der Waals surface area (Å²) in [6.45, 7) is 9.29. The minimum atomic E-state index is 0.158. The van der Waals surface area contributed by atoms with Crippen LogP contribution in [-0.2, 0) is 6.42 Å². The number of piperazine rings is 1. The number of phenolic OH excluding ortho intramolecular Hbond substituents is 1. The lowest BCUT2D eigenvalue weighted by molar-refractivity contribution is 0.238. The van der Waals surface area contributed by atoms with Crippen molar-refractivity contribution in [2.24, 2.45) is 0 Å². The Balaban J connectivity index is 1.94. The van der Waals surface area contributed by atoms with E-state index in [1.165, 1.54) is 0 Å². The van der Waals surface area contributed by atoms with Gasteiger partial charge in [0.15, 0.2) is 0 Å². The van der Waals surface area contributed by atoms with Gasteiger partial charge in [-0.15, -0.1) is 0 Å². The van der Waals surface area contributed by atoms with Crippen LogP contribution in [-0.4, -0.2) is 48.8 Å². The second-order valence-electron chi connectivity index (χ2n) is 5.30. The van der Waals surface area contributed by atoms with Gasteiger partial charge in [0.25, 0.3) is 0 Å². The fourth-order valence-electron chi connectivity index (χ4n) is 2.32. The second kappa shape index (κ2) is 6.78. The topological polar surface area (TPSA) is 44.7 Å². The molecule has 0 unspecified atom stereocenters. The summed E-state index contributed by atoms with van der Waals surface area (Å²) in [5.41, 5.74) is 0.969. The second-order valence-corrected chi connectivity index (χ2v) is 5.30. The van der Waals surface area contributed by atoms with E-state index in [-0.39, 0.29) is 6.10 Å². The van der Waals surface area contributed by atoms with E-state index in [0.717, 1.165) is 50.5 Å². The molecule has 1 heterocycles. The predicted octanol–water partition coefficient (Wildman–Crippen LogP) is 1.63. The minimum absolute atomic E-state index is 0.158. The van der Waals surface area contributed by atoms with E-state index in [2.05, 4.69) is 10.2 Å². The quantitative estimate of drug-likeness (QED) is 0.848. The zero-order valence-corrected chi connectivity index (χ0v) is 11.9. The van der Waals surface area contributed by atoms with Crippen LogP contribution in [0.3, 0.4) is 0 Å². The molecule has 2 N–H and O–H groups in total. The third-order valence-corrected chi connectivity index (χ3v) is 3.33. The zero-order chi connectivity index (χ0) is 13.7. The Morgan fingerprint density at radius 2 is 2.05 bits per heavy atom. The smallest absolute Gasteiger partial charge is 0.120 e. The van der Waals surface area contributed by atoms with Crippen LogP contribution in [0.4, 0.5) is 0 Å². The third kappa shape index (κ3) is 4.40. The maximum atomic E-state index is 9.91. The van der Waals surface area contributed by atoms with Crippen LogP contribution in [0.5, 0.6) is 11.5 Å². The summed E-state index contributed by atoms with van der Waals surface area (Å²) in [6.07, 6.45) is 1.02. The van der Waals surface area contributed by atoms with Gasteiger partial charge in [-0.1, -0.05) is 0 Å². The Morgan fingerprint density at radius 3 is 2.74 bits per heavy atom. The SMILES string of the molecule is CC(C)Oc1ccc(O)c(CCN2CCNCC2)c1. The Labute approximate surface area is 115 Å². The number of nitrogens with one attached hydrogen (secondary N) is 1. The molecular weight excluding hydrogens is 240 g/mol. The Morgan fingerprint density at radius 1 is 1.32 bits per heavy atom. The summed E-state index contributed by atoms with van der Waals surface area (Å²) in [5.74, 6) is 1.20. The number of hydrogen-bond donors (Lipinski definition) is 2. The van der Waals surface area contributed by atoms with Crippen LogP contribution >= 0.6 is 0 Å². The first-order valence-corrected chi connectivity index (χ1v) is 7.07. The third-order valence-electron chi connectivity index (χ3n) is 3.33. The lowest BCUT2D eigenvalue weighted by atomic mass is 10.1. The van der Waals surface area contributed by atoms with Gasteiger partial charge in [0.2, 0.25) is 0 Å². The first kappa shape index (κ1) is 14.2. The molecule has 0 bridgehead atoms. The number of ether oxygens (including phenoxy) is 1. The van der Waals surface area contributed by atoms with Crippen molar-refractivity contribution in [3.63, 3.8) is 0 Å². The molecule has 4 heteroatoms. The van der Waals surface area contributed by atoms with Gasteiger partial charge in [0.05, 0.1) is 6.10 Å². The zero-order valence-electron chi connectivity index (χ0n) is 11.9. The molecule has 0 radical (unpaired) electrons. The molecule has 0 atom stereocenters. The summed E-state index contributed by atoms with van der Waals surface area (Å²) < 4.78 is 5.67. The number of rotatable bonds is 5. The molecule has 0 saturated carbocycles. The first-order chi connectivity index (χ1) is 9.15. The summed E-state index contributed by atoms with van der Waals surface area (Å²) in [4.78, 5) is 2.42. The number of nitrogens with zero attached hydrogens (tertiary/aromatic N) is 1. The van der Waals surface area contributed by atoms with Crippen molar-refractivity contribution in [3.05, 3.63) is 23.8 Å². The Bertz CT molecular complexity index is 401. The highest BCUT2D eigenvalue weighted by Gasteiger charge is 2.11. The Kier molecular flexibility index (Phi) is 5.05. The largest absolute Gasteiger partial charge is 0.508 e. The van der Waals surface area contributed by atoms with E-state index in [4.69, 9.17) is 4.74 Å². The average Bonchev–Trinajstić information content (AvgIpc) is 2.40. The number of phenols is 1. The van der Waals surface area contributed by atoms with Crippen molar-refractivity contribution in [2.45, 2.75) is 26.4 Å². The molecule has 1 fully saturated rings. The van der Waals surface area contributed by atoms with Gasteiger partial charge < -0.3 is 20.1 Å². The molecule has 1 aromatic carbocycles. The summed E-state index contributed by atoms with van der Waals surface area (Å²) in [6, 6.07) is 5.51. The van der Waals surface area contributed by atoms with Crippen molar-refractivity contribution >= 4 is 0 Å². The van der Waals surface area contributed by atoms with Crippen LogP contribution in [0, 0.1) is 0 Å². The van der Waals surface area contributed by atoms with Gasteiger partial charge in [-0.25, -0.2) is 0 Å². The van der Waals surface area contributed by atoms with Gasteiger partial charge >= 0.3 is 0 Å². The molecule has 2 rings (SSSR count). The number of aromatic hydroxyl groups is 1. The van der Waals surface area contributed by atoms with Gasteiger partial charge in [0, 0.05) is 32.7 Å². The average molecular weight is 264 g/mol. The maximum absolute atomic E-state index is 9.91. The van der Waals surface area contributed by atoms with Gasteiger partial charge in [-0.2, -0.15) is 0 Å². The lowest BCUT2D eigenvalue weighted by Crippen LogP contribution is -2.44. The van der Waals surface area contributed by atoms with E-state index >= 15 is 0 Å². The van der Waals surface area contributed by atoms with Crippen molar-refractivity contribution in [2.75, 3.05) is 32.7 Å². The van der Waals surface area contributed by atoms with E-state index in [1.54, 1.807) is 6.07 Å². The maximum Gasteiger partial charge on any atom is 0.120 e. The van der Waals surface area contributed by atoms with E-state index in [9.17, 15) is 5.11 Å². The number of hydrogen-bond acceptors (Lipinski definition) is 4. The lowest BCUT2D eigenvalue weighted by Gasteiger charge is -2.27. The fraction of sp³-hybridized carbons (Fsp3) is 0.600. The molecule has 0 amide bonds. The molecule has 0 aliphatic carbocycles. The van der Waals surface area contributed by atoms with Crippen LogP contribution < -0.4 is 10.1 Å². The van der Waals surface area contributed by atoms with Gasteiger partial charge in [0.1, 0.15) is 11.5 Å².